The zero-order valence-electron chi connectivity index (χ0n) is 10.5. The van der Waals surface area contributed by atoms with Crippen molar-refractivity contribution in [2.24, 2.45) is 16.8 Å². The summed E-state index contributed by atoms with van der Waals surface area (Å²) >= 11 is 0. The number of hydrogen-bond donors (Lipinski definition) is 3. The summed E-state index contributed by atoms with van der Waals surface area (Å²) in [6, 6.07) is 0.469. The summed E-state index contributed by atoms with van der Waals surface area (Å²) in [6.07, 6.45) is 3.42. The highest BCUT2D eigenvalue weighted by molar-refractivity contribution is 5.79. The van der Waals surface area contributed by atoms with Crippen molar-refractivity contribution in [2.75, 3.05) is 6.54 Å². The monoisotopic (exact) mass is 214 g/mol. The molecular formula is C11H26N4. The van der Waals surface area contributed by atoms with Crippen molar-refractivity contribution in [1.82, 2.24) is 10.7 Å². The number of nitrogens with one attached hydrogen (secondary N) is 2. The van der Waals surface area contributed by atoms with Gasteiger partial charge >= 0.3 is 0 Å². The summed E-state index contributed by atoms with van der Waals surface area (Å²) < 4.78 is 0. The van der Waals surface area contributed by atoms with Gasteiger partial charge in [0.15, 0.2) is 0 Å². The molecule has 0 aromatic rings. The van der Waals surface area contributed by atoms with Gasteiger partial charge in [-0.3, -0.25) is 10.4 Å². The molecule has 1 unspecified atom stereocenters. The summed E-state index contributed by atoms with van der Waals surface area (Å²) in [4.78, 5) is 4.38. The van der Waals surface area contributed by atoms with E-state index in [-0.39, 0.29) is 0 Å². The number of nitrogens with zero attached hydrogens (tertiary/aromatic N) is 1. The van der Waals surface area contributed by atoms with E-state index in [1.165, 1.54) is 6.42 Å². The number of aliphatic imine (C=N–C) groups is 1. The molecule has 0 heterocycles. The number of guanidine groups is 1. The molecule has 0 spiro atoms. The Morgan fingerprint density at radius 2 is 2.00 bits per heavy atom. The Kier molecular flexibility index (Phi) is 8.09. The topological polar surface area (TPSA) is 62.4 Å². The van der Waals surface area contributed by atoms with Gasteiger partial charge in [-0.2, -0.15) is 0 Å². The highest BCUT2D eigenvalue weighted by Gasteiger charge is 2.06. The van der Waals surface area contributed by atoms with E-state index in [1.54, 1.807) is 0 Å². The molecule has 0 radical (unpaired) electrons. The lowest BCUT2D eigenvalue weighted by atomic mass is 10.1. The molecule has 1 atom stereocenters. The predicted molar refractivity (Wildman–Crippen MR) is 66.6 cm³/mol. The van der Waals surface area contributed by atoms with Crippen LogP contribution in [-0.4, -0.2) is 18.5 Å². The number of hydrazine groups is 1. The van der Waals surface area contributed by atoms with Crippen LogP contribution >= 0.6 is 0 Å². The number of hydrogen-bond acceptors (Lipinski definition) is 2. The zero-order valence-corrected chi connectivity index (χ0v) is 10.5. The van der Waals surface area contributed by atoms with E-state index in [1.807, 2.05) is 0 Å². The van der Waals surface area contributed by atoms with Crippen LogP contribution < -0.4 is 16.6 Å². The highest BCUT2D eigenvalue weighted by atomic mass is 15.3. The first-order valence-electron chi connectivity index (χ1n) is 5.91. The Morgan fingerprint density at radius 3 is 2.40 bits per heavy atom. The van der Waals surface area contributed by atoms with Gasteiger partial charge < -0.3 is 5.32 Å². The zero-order chi connectivity index (χ0) is 11.7. The third-order valence-corrected chi connectivity index (χ3v) is 2.22. The maximum absolute atomic E-state index is 5.41. The van der Waals surface area contributed by atoms with E-state index in [0.717, 1.165) is 19.4 Å². The third-order valence-electron chi connectivity index (χ3n) is 2.22. The maximum atomic E-state index is 5.41. The van der Waals surface area contributed by atoms with Gasteiger partial charge in [0.2, 0.25) is 5.96 Å². The first-order chi connectivity index (χ1) is 7.13. The van der Waals surface area contributed by atoms with Crippen LogP contribution in [0.2, 0.25) is 0 Å². The van der Waals surface area contributed by atoms with Crippen LogP contribution in [0, 0.1) is 5.92 Å². The minimum Gasteiger partial charge on any atom is -0.353 e. The largest absolute Gasteiger partial charge is 0.353 e. The normalized spacial score (nSPS) is 14.1. The summed E-state index contributed by atoms with van der Waals surface area (Å²) in [6.45, 7) is 9.44. The fourth-order valence-electron chi connectivity index (χ4n) is 1.33. The van der Waals surface area contributed by atoms with Gasteiger partial charge in [-0.1, -0.05) is 34.1 Å². The standard InChI is InChI=1S/C11H26N4/c1-5-7-10(6-2)14-11(15-12)13-8-9(3)4/h9-10H,5-8,12H2,1-4H3,(H2,13,14,15). The second kappa shape index (κ2) is 8.53. The first-order valence-corrected chi connectivity index (χ1v) is 5.91. The molecule has 0 amide bonds. The van der Waals surface area contributed by atoms with Crippen LogP contribution in [0.1, 0.15) is 47.0 Å². The Bertz CT molecular complexity index is 177. The molecule has 0 aromatic heterocycles. The summed E-state index contributed by atoms with van der Waals surface area (Å²) in [5.41, 5.74) is 2.62. The van der Waals surface area contributed by atoms with Crippen molar-refractivity contribution in [3.8, 4) is 0 Å². The lowest BCUT2D eigenvalue weighted by Crippen LogP contribution is -2.46. The smallest absolute Gasteiger partial charge is 0.205 e. The second-order valence-corrected chi connectivity index (χ2v) is 4.27. The number of rotatable bonds is 6. The lowest BCUT2D eigenvalue weighted by Gasteiger charge is -2.18. The maximum Gasteiger partial charge on any atom is 0.205 e. The average Bonchev–Trinajstić information content (AvgIpc) is 2.22. The fraction of sp³-hybridized carbons (Fsp3) is 0.909. The molecule has 0 aliphatic rings. The predicted octanol–water partition coefficient (Wildman–Crippen LogP) is 1.63. The van der Waals surface area contributed by atoms with Gasteiger partial charge in [-0.25, -0.2) is 5.84 Å². The van der Waals surface area contributed by atoms with Crippen LogP contribution in [0.25, 0.3) is 0 Å². The van der Waals surface area contributed by atoms with E-state index < -0.39 is 0 Å². The SMILES string of the molecule is CCCC(CC)NC(=NCC(C)C)NN. The fourth-order valence-corrected chi connectivity index (χ4v) is 1.33. The van der Waals surface area contributed by atoms with Crippen molar-refractivity contribution in [2.45, 2.75) is 53.0 Å². The van der Waals surface area contributed by atoms with Gasteiger partial charge in [0.25, 0.3) is 0 Å². The van der Waals surface area contributed by atoms with Crippen LogP contribution in [0.5, 0.6) is 0 Å². The summed E-state index contributed by atoms with van der Waals surface area (Å²) in [5, 5.41) is 3.32. The van der Waals surface area contributed by atoms with Crippen molar-refractivity contribution < 1.29 is 0 Å². The van der Waals surface area contributed by atoms with Crippen molar-refractivity contribution >= 4 is 5.96 Å². The number of nitrogens with two attached hydrogens (primary N) is 1. The van der Waals surface area contributed by atoms with Gasteiger partial charge in [-0.05, 0) is 18.8 Å². The third kappa shape index (κ3) is 7.19. The van der Waals surface area contributed by atoms with Gasteiger partial charge in [0.1, 0.15) is 0 Å². The lowest BCUT2D eigenvalue weighted by molar-refractivity contribution is 0.526. The van der Waals surface area contributed by atoms with E-state index in [0.29, 0.717) is 17.9 Å². The van der Waals surface area contributed by atoms with E-state index >= 15 is 0 Å². The minimum absolute atomic E-state index is 0.469. The van der Waals surface area contributed by atoms with Crippen LogP contribution in [0.3, 0.4) is 0 Å². The summed E-state index contributed by atoms with van der Waals surface area (Å²) in [5.74, 6) is 6.68. The molecule has 0 saturated carbocycles. The summed E-state index contributed by atoms with van der Waals surface area (Å²) in [7, 11) is 0. The van der Waals surface area contributed by atoms with Crippen molar-refractivity contribution in [3.63, 3.8) is 0 Å². The van der Waals surface area contributed by atoms with Crippen molar-refractivity contribution in [3.05, 3.63) is 0 Å². The molecule has 0 bridgehead atoms. The molecule has 0 fully saturated rings. The molecule has 4 nitrogen and oxygen atoms in total. The quantitative estimate of drug-likeness (QED) is 0.272. The molecule has 0 aliphatic carbocycles. The van der Waals surface area contributed by atoms with Gasteiger partial charge in [0.05, 0.1) is 0 Å². The molecule has 4 heteroatoms. The molecule has 0 aliphatic heterocycles. The average molecular weight is 214 g/mol. The molecule has 15 heavy (non-hydrogen) atoms. The van der Waals surface area contributed by atoms with E-state index in [2.05, 4.69) is 43.4 Å². The Balaban J connectivity index is 4.10. The van der Waals surface area contributed by atoms with Gasteiger partial charge in [0, 0.05) is 12.6 Å². The van der Waals surface area contributed by atoms with Crippen LogP contribution in [0.4, 0.5) is 0 Å². The first kappa shape index (κ1) is 14.2. The Hall–Kier alpha value is -0.770. The minimum atomic E-state index is 0.469. The van der Waals surface area contributed by atoms with E-state index in [4.69, 9.17) is 5.84 Å². The van der Waals surface area contributed by atoms with Crippen LogP contribution in [-0.2, 0) is 0 Å². The van der Waals surface area contributed by atoms with Crippen molar-refractivity contribution in [1.29, 1.82) is 0 Å². The molecule has 0 aromatic carbocycles. The molecule has 90 valence electrons. The molecule has 0 rings (SSSR count). The van der Waals surface area contributed by atoms with Crippen LogP contribution in [0.15, 0.2) is 4.99 Å². The van der Waals surface area contributed by atoms with E-state index in [9.17, 15) is 0 Å². The second-order valence-electron chi connectivity index (χ2n) is 4.27. The van der Waals surface area contributed by atoms with Gasteiger partial charge in [-0.15, -0.1) is 0 Å². The Morgan fingerprint density at radius 1 is 1.33 bits per heavy atom. The molecule has 0 saturated heterocycles. The highest BCUT2D eigenvalue weighted by Crippen LogP contribution is 2.00. The Labute approximate surface area is 93.7 Å². The molecular weight excluding hydrogens is 188 g/mol. The molecule has 4 N–H and O–H groups in total.